The van der Waals surface area contributed by atoms with E-state index in [2.05, 4.69) is 25.4 Å². The van der Waals surface area contributed by atoms with E-state index >= 15 is 0 Å². The van der Waals surface area contributed by atoms with Crippen LogP contribution >= 0.6 is 0 Å². The van der Waals surface area contributed by atoms with Crippen molar-refractivity contribution in [3.63, 3.8) is 0 Å². The number of amides is 1. The molecule has 2 aliphatic heterocycles. The highest BCUT2D eigenvalue weighted by Crippen LogP contribution is 2.29. The van der Waals surface area contributed by atoms with Crippen LogP contribution in [0.2, 0.25) is 0 Å². The van der Waals surface area contributed by atoms with Gasteiger partial charge in [0, 0.05) is 25.5 Å². The molecular formula is C21H25F2N7O4. The van der Waals surface area contributed by atoms with Gasteiger partial charge in [0.25, 0.3) is 12.3 Å². The molecule has 0 bridgehead atoms. The number of anilines is 2. The fraction of sp³-hybridized carbons (Fsp3) is 0.524. The summed E-state index contributed by atoms with van der Waals surface area (Å²) in [6.45, 7) is 5.04. The lowest BCUT2D eigenvalue weighted by Gasteiger charge is -2.28. The van der Waals surface area contributed by atoms with E-state index < -0.39 is 18.0 Å². The Labute approximate surface area is 193 Å². The van der Waals surface area contributed by atoms with Crippen LogP contribution in [-0.4, -0.2) is 76.1 Å². The summed E-state index contributed by atoms with van der Waals surface area (Å²) < 4.78 is 46.7. The van der Waals surface area contributed by atoms with Gasteiger partial charge < -0.3 is 24.4 Å². The van der Waals surface area contributed by atoms with E-state index in [0.29, 0.717) is 44.2 Å². The molecule has 0 unspecified atom stereocenters. The first-order valence-corrected chi connectivity index (χ1v) is 11.1. The molecule has 11 nitrogen and oxygen atoms in total. The monoisotopic (exact) mass is 477 g/mol. The molecule has 0 aliphatic carbocycles. The summed E-state index contributed by atoms with van der Waals surface area (Å²) in [5.41, 5.74) is -0.115. The van der Waals surface area contributed by atoms with Crippen molar-refractivity contribution < 1.29 is 27.8 Å². The van der Waals surface area contributed by atoms with Gasteiger partial charge >= 0.3 is 0 Å². The average molecular weight is 477 g/mol. The van der Waals surface area contributed by atoms with Crippen LogP contribution in [0, 0.1) is 0 Å². The molecule has 0 aromatic carbocycles. The van der Waals surface area contributed by atoms with E-state index in [1.54, 1.807) is 6.20 Å². The van der Waals surface area contributed by atoms with Gasteiger partial charge in [-0.15, -0.1) is 0 Å². The van der Waals surface area contributed by atoms with Gasteiger partial charge in [-0.05, 0) is 12.5 Å². The molecule has 1 N–H and O–H groups in total. The lowest BCUT2D eigenvalue weighted by atomic mass is 10.3. The van der Waals surface area contributed by atoms with Crippen molar-refractivity contribution in [2.75, 3.05) is 49.7 Å². The zero-order valence-electron chi connectivity index (χ0n) is 18.6. The second-order valence-corrected chi connectivity index (χ2v) is 8.03. The van der Waals surface area contributed by atoms with Crippen molar-refractivity contribution in [3.8, 4) is 0 Å². The van der Waals surface area contributed by atoms with E-state index in [1.807, 2.05) is 13.0 Å². The zero-order chi connectivity index (χ0) is 23.7. The van der Waals surface area contributed by atoms with Crippen LogP contribution in [0.5, 0.6) is 0 Å². The Kier molecular flexibility index (Phi) is 6.39. The lowest BCUT2D eigenvalue weighted by Crippen LogP contribution is -2.36. The molecule has 2 aliphatic rings. The van der Waals surface area contributed by atoms with E-state index in [4.69, 9.17) is 14.2 Å². The molecule has 5 rings (SSSR count). The summed E-state index contributed by atoms with van der Waals surface area (Å²) in [7, 11) is 0. The molecular weight excluding hydrogens is 452 g/mol. The third-order valence-electron chi connectivity index (χ3n) is 5.81. The number of fused-ring (bicyclic) bond motifs is 1. The number of morpholine rings is 1. The average Bonchev–Trinajstić information content (AvgIpc) is 3.49. The number of hydrogen-bond acceptors (Lipinski definition) is 8. The quantitative estimate of drug-likeness (QED) is 0.576. The molecule has 3 aromatic heterocycles. The molecule has 34 heavy (non-hydrogen) atoms. The molecule has 2 saturated heterocycles. The van der Waals surface area contributed by atoms with Crippen LogP contribution in [0.25, 0.3) is 5.65 Å². The minimum Gasteiger partial charge on any atom is -0.378 e. The van der Waals surface area contributed by atoms with E-state index in [-0.39, 0.29) is 36.8 Å². The van der Waals surface area contributed by atoms with Gasteiger partial charge in [0.2, 0.25) is 0 Å². The molecule has 3 aromatic rings. The lowest BCUT2D eigenvalue weighted by molar-refractivity contribution is -0.198. The summed E-state index contributed by atoms with van der Waals surface area (Å²) in [6, 6.07) is 1.43. The maximum atomic E-state index is 13.7. The number of halogens is 2. The van der Waals surface area contributed by atoms with E-state index in [9.17, 15) is 13.6 Å². The molecule has 2 fully saturated rings. The first-order valence-electron chi connectivity index (χ1n) is 11.1. The van der Waals surface area contributed by atoms with Crippen molar-refractivity contribution in [1.82, 2.24) is 24.4 Å². The standard InChI is InChI=1S/C21H25F2N7O4/c1-2-17-33-11-13(12-34-17)30-10-15(18(27-30)19(22)23)25-21(31)14-9-24-29-4-3-16(26-20(14)29)28-5-7-32-8-6-28/h3-4,9-10,13,17,19H,2,5-8,11-12H2,1H3,(H,25,31). The number of rotatable bonds is 6. The third-order valence-corrected chi connectivity index (χ3v) is 5.81. The van der Waals surface area contributed by atoms with Gasteiger partial charge in [-0.1, -0.05) is 6.92 Å². The molecule has 13 heteroatoms. The Bertz CT molecular complexity index is 1150. The van der Waals surface area contributed by atoms with Gasteiger partial charge in [-0.3, -0.25) is 9.48 Å². The van der Waals surface area contributed by atoms with Crippen LogP contribution < -0.4 is 10.2 Å². The number of aromatic nitrogens is 5. The van der Waals surface area contributed by atoms with Crippen molar-refractivity contribution in [1.29, 1.82) is 0 Å². The first-order chi connectivity index (χ1) is 16.5. The van der Waals surface area contributed by atoms with Crippen LogP contribution in [0.1, 0.15) is 41.9 Å². The Morgan fingerprint density at radius 1 is 1.26 bits per heavy atom. The molecule has 5 heterocycles. The smallest absolute Gasteiger partial charge is 0.284 e. The van der Waals surface area contributed by atoms with Crippen molar-refractivity contribution in [2.45, 2.75) is 32.1 Å². The summed E-state index contributed by atoms with van der Waals surface area (Å²) >= 11 is 0. The molecule has 1 amide bonds. The number of ether oxygens (including phenoxy) is 3. The van der Waals surface area contributed by atoms with Crippen LogP contribution in [0.3, 0.4) is 0 Å². The molecule has 0 radical (unpaired) electrons. The Hall–Kier alpha value is -3.16. The van der Waals surface area contributed by atoms with Crippen LogP contribution in [0.15, 0.2) is 24.7 Å². The SMILES string of the molecule is CCC1OCC(n2cc(NC(=O)c3cnn4ccc(N5CCOCC5)nc34)c(C(F)F)n2)CO1. The number of carbonyl (C=O) groups is 1. The topological polar surface area (TPSA) is 108 Å². The molecule has 0 atom stereocenters. The number of nitrogens with zero attached hydrogens (tertiary/aromatic N) is 6. The van der Waals surface area contributed by atoms with Crippen LogP contribution in [0.4, 0.5) is 20.3 Å². The zero-order valence-corrected chi connectivity index (χ0v) is 18.6. The fourth-order valence-electron chi connectivity index (χ4n) is 3.95. The second-order valence-electron chi connectivity index (χ2n) is 8.03. The number of hydrogen-bond donors (Lipinski definition) is 1. The highest BCUT2D eigenvalue weighted by molar-refractivity contribution is 6.08. The summed E-state index contributed by atoms with van der Waals surface area (Å²) in [5.74, 6) is 0.0828. The van der Waals surface area contributed by atoms with Crippen molar-refractivity contribution >= 4 is 23.1 Å². The van der Waals surface area contributed by atoms with Gasteiger partial charge in [0.05, 0.1) is 44.4 Å². The summed E-state index contributed by atoms with van der Waals surface area (Å²) in [4.78, 5) is 19.7. The minimum absolute atomic E-state index is 0.0821. The van der Waals surface area contributed by atoms with Crippen molar-refractivity contribution in [2.24, 2.45) is 0 Å². The molecule has 0 spiro atoms. The molecule has 0 saturated carbocycles. The fourth-order valence-corrected chi connectivity index (χ4v) is 3.95. The normalized spacial score (nSPS) is 21.4. The van der Waals surface area contributed by atoms with E-state index in [0.717, 1.165) is 0 Å². The first kappa shape index (κ1) is 22.6. The Balaban J connectivity index is 1.38. The van der Waals surface area contributed by atoms with Gasteiger partial charge in [-0.2, -0.15) is 10.2 Å². The third kappa shape index (κ3) is 4.45. The Morgan fingerprint density at radius 2 is 2.03 bits per heavy atom. The highest BCUT2D eigenvalue weighted by atomic mass is 19.3. The number of nitrogens with one attached hydrogen (secondary N) is 1. The van der Waals surface area contributed by atoms with Gasteiger partial charge in [0.1, 0.15) is 11.4 Å². The van der Waals surface area contributed by atoms with Gasteiger partial charge in [0.15, 0.2) is 17.6 Å². The number of alkyl halides is 2. The predicted octanol–water partition coefficient (Wildman–Crippen LogP) is 2.28. The van der Waals surface area contributed by atoms with E-state index in [1.165, 1.54) is 21.6 Å². The Morgan fingerprint density at radius 3 is 2.74 bits per heavy atom. The number of carbonyl (C=O) groups excluding carboxylic acids is 1. The maximum Gasteiger partial charge on any atom is 0.284 e. The minimum atomic E-state index is -2.87. The van der Waals surface area contributed by atoms with Crippen LogP contribution in [-0.2, 0) is 14.2 Å². The maximum absolute atomic E-state index is 13.7. The van der Waals surface area contributed by atoms with Crippen molar-refractivity contribution in [3.05, 3.63) is 35.9 Å². The van der Waals surface area contributed by atoms with Gasteiger partial charge in [-0.25, -0.2) is 18.3 Å². The predicted molar refractivity (Wildman–Crippen MR) is 116 cm³/mol. The highest BCUT2D eigenvalue weighted by Gasteiger charge is 2.28. The summed E-state index contributed by atoms with van der Waals surface area (Å²) in [5, 5.41) is 10.7. The largest absolute Gasteiger partial charge is 0.378 e. The molecule has 182 valence electrons. The second kappa shape index (κ2) is 9.60. The summed E-state index contributed by atoms with van der Waals surface area (Å²) in [6.07, 6.45) is 1.95.